The van der Waals surface area contributed by atoms with Crippen LogP contribution in [-0.2, 0) is 25.5 Å². The van der Waals surface area contributed by atoms with Crippen molar-refractivity contribution in [2.45, 2.75) is 138 Å². The molecule has 6 aliphatic heterocycles. The third-order valence-electron chi connectivity index (χ3n) is 12.3. The van der Waals surface area contributed by atoms with Crippen LogP contribution in [0.15, 0.2) is 46.5 Å². The van der Waals surface area contributed by atoms with Crippen molar-refractivity contribution >= 4 is 11.9 Å². The Morgan fingerprint density at radius 1 is 1.04 bits per heavy atom. The topological polar surface area (TPSA) is 138 Å². The smallest absolute Gasteiger partial charge is 0.331 e. The minimum Gasteiger partial charge on any atom is -0.450 e. The molecule has 5 unspecified atom stereocenters. The number of fused-ring (bicyclic) bond motifs is 6. The van der Waals surface area contributed by atoms with Gasteiger partial charge in [0.2, 0.25) is 0 Å². The first-order chi connectivity index (χ1) is 22.3. The van der Waals surface area contributed by atoms with Gasteiger partial charge in [-0.1, -0.05) is 18.1 Å². The average molecular weight is 631 g/mol. The summed E-state index contributed by atoms with van der Waals surface area (Å²) < 4.78 is 14.0. The zero-order valence-corrected chi connectivity index (χ0v) is 27.0. The summed E-state index contributed by atoms with van der Waals surface area (Å²) in [6, 6.07) is 1.23. The van der Waals surface area contributed by atoms with E-state index in [9.17, 15) is 9.59 Å². The highest BCUT2D eigenvalue weighted by molar-refractivity contribution is 5.87. The van der Waals surface area contributed by atoms with Crippen molar-refractivity contribution in [1.29, 1.82) is 5.53 Å². The number of piperidine rings is 2. The lowest BCUT2D eigenvalue weighted by atomic mass is 9.75. The number of ether oxygens (including phenoxy) is 2. The number of aryl methyl sites for hydroxylation is 1. The Labute approximate surface area is 270 Å². The number of aromatic nitrogens is 3. The molecular weight excluding hydrogens is 584 g/mol. The van der Waals surface area contributed by atoms with Crippen molar-refractivity contribution in [2.24, 2.45) is 5.11 Å². The van der Waals surface area contributed by atoms with Gasteiger partial charge in [0.1, 0.15) is 5.60 Å². The molecule has 12 heteroatoms. The fourth-order valence-electron chi connectivity index (χ4n) is 10.1. The number of carbonyl (C=O) groups excluding carboxylic acids is 2. The van der Waals surface area contributed by atoms with E-state index in [2.05, 4.69) is 50.6 Å². The van der Waals surface area contributed by atoms with Crippen molar-refractivity contribution in [2.75, 3.05) is 13.1 Å². The first kappa shape index (κ1) is 30.0. The Hall–Kier alpha value is -3.38. The van der Waals surface area contributed by atoms with Crippen LogP contribution in [0.5, 0.6) is 0 Å². The highest BCUT2D eigenvalue weighted by Gasteiger charge is 2.63. The van der Waals surface area contributed by atoms with Gasteiger partial charge >= 0.3 is 11.9 Å². The molecule has 4 saturated heterocycles. The lowest BCUT2D eigenvalue weighted by molar-refractivity contribution is -0.152. The summed E-state index contributed by atoms with van der Waals surface area (Å²) in [4.78, 5) is 29.9. The third kappa shape index (κ3) is 4.77. The van der Waals surface area contributed by atoms with Gasteiger partial charge in [-0.05, 0) is 95.9 Å². The van der Waals surface area contributed by atoms with Crippen molar-refractivity contribution < 1.29 is 19.1 Å². The largest absolute Gasteiger partial charge is 0.450 e. The lowest BCUT2D eigenvalue weighted by Gasteiger charge is -2.45. The second kappa shape index (κ2) is 11.4. The molecule has 1 saturated carbocycles. The predicted molar refractivity (Wildman–Crippen MR) is 167 cm³/mol. The predicted octanol–water partition coefficient (Wildman–Crippen LogP) is 4.11. The second-order valence-corrected chi connectivity index (χ2v) is 14.7. The van der Waals surface area contributed by atoms with Crippen LogP contribution in [0, 0.1) is 5.53 Å². The molecule has 1 spiro atoms. The van der Waals surface area contributed by atoms with Gasteiger partial charge in [-0.2, -0.15) is 5.11 Å². The molecule has 5 fully saturated rings. The Morgan fingerprint density at radius 2 is 1.80 bits per heavy atom. The van der Waals surface area contributed by atoms with Crippen molar-refractivity contribution in [3.8, 4) is 0 Å². The van der Waals surface area contributed by atoms with Gasteiger partial charge < -0.3 is 14.8 Å². The summed E-state index contributed by atoms with van der Waals surface area (Å²) >= 11 is 0. The summed E-state index contributed by atoms with van der Waals surface area (Å²) in [6.07, 6.45) is 18.7. The average Bonchev–Trinajstić information content (AvgIpc) is 3.79. The van der Waals surface area contributed by atoms with Crippen LogP contribution in [0.1, 0.15) is 96.2 Å². The molecule has 12 nitrogen and oxygen atoms in total. The summed E-state index contributed by atoms with van der Waals surface area (Å²) in [5, 5.41) is 16.6. The van der Waals surface area contributed by atoms with Gasteiger partial charge in [-0.3, -0.25) is 9.80 Å². The summed E-state index contributed by atoms with van der Waals surface area (Å²) in [6.45, 7) is 6.40. The van der Waals surface area contributed by atoms with Gasteiger partial charge in [-0.15, -0.1) is 5.10 Å². The number of nitrogens with zero attached hydrogens (tertiary/aromatic N) is 6. The molecule has 2 N–H and O–H groups in total. The van der Waals surface area contributed by atoms with E-state index in [1.165, 1.54) is 12.8 Å². The first-order valence-electron chi connectivity index (χ1n) is 17.4. The van der Waals surface area contributed by atoms with E-state index in [1.54, 1.807) is 12.2 Å². The Bertz CT molecular complexity index is 1520. The summed E-state index contributed by atoms with van der Waals surface area (Å²) in [5.41, 5.74) is 10.7. The standard InChI is InChI=1S/C34H46N8O4/c1-21-27(15-22-16-31(43)45-33(22,2)29-10-3-5-12-40(21)29)42-20-25(38-39-42)9-7-8-24(37-35)19-36-26-14-23-17-32(44)46-34(23)18-28(26)41-13-6-4-11-30(34)41/h16-17,19-21,26-30,35-36H,3-15,18H2,1-2H3/b24-19-,37-35?/t21-,26?,27-,28?,29?,30?,33-,34?/m0/s1. The molecule has 46 heavy (non-hydrogen) atoms. The van der Waals surface area contributed by atoms with Crippen LogP contribution in [0.3, 0.4) is 0 Å². The molecule has 0 amide bonds. The van der Waals surface area contributed by atoms with Crippen molar-refractivity contribution in [3.63, 3.8) is 0 Å². The molecule has 7 heterocycles. The number of hydrogen-bond acceptors (Lipinski definition) is 11. The zero-order valence-electron chi connectivity index (χ0n) is 27.0. The van der Waals surface area contributed by atoms with Gasteiger partial charge in [0.25, 0.3) is 0 Å². The zero-order chi connectivity index (χ0) is 31.6. The SMILES string of the molecule is C[C@H]1[C@@H](n2cc(CCC/C(=C/NC3CC4=CC(=O)OC45CC3N3CCCCC35)N=N)nn2)CC2=CC(=O)O[C@]2(C)C2CCCCN21. The monoisotopic (exact) mass is 630 g/mol. The maximum Gasteiger partial charge on any atom is 0.331 e. The molecule has 0 aromatic carbocycles. The molecule has 8 atom stereocenters. The van der Waals surface area contributed by atoms with Crippen LogP contribution >= 0.6 is 0 Å². The van der Waals surface area contributed by atoms with Crippen LogP contribution < -0.4 is 5.32 Å². The van der Waals surface area contributed by atoms with Crippen molar-refractivity contribution in [1.82, 2.24) is 30.1 Å². The maximum atomic E-state index is 12.4. The van der Waals surface area contributed by atoms with E-state index in [0.29, 0.717) is 24.6 Å². The molecule has 0 radical (unpaired) electrons. The van der Waals surface area contributed by atoms with E-state index < -0.39 is 11.2 Å². The van der Waals surface area contributed by atoms with Gasteiger partial charge in [-0.25, -0.2) is 19.8 Å². The first-order valence-corrected chi connectivity index (χ1v) is 17.4. The van der Waals surface area contributed by atoms with Gasteiger partial charge in [0, 0.05) is 49.1 Å². The summed E-state index contributed by atoms with van der Waals surface area (Å²) in [5.74, 6) is -0.428. The van der Waals surface area contributed by atoms with E-state index in [4.69, 9.17) is 15.0 Å². The Morgan fingerprint density at radius 3 is 2.63 bits per heavy atom. The fourth-order valence-corrected chi connectivity index (χ4v) is 10.1. The second-order valence-electron chi connectivity index (χ2n) is 14.7. The Balaban J connectivity index is 0.915. The number of allylic oxidation sites excluding steroid dienone is 1. The Kier molecular flexibility index (Phi) is 7.43. The molecule has 1 aromatic heterocycles. The van der Waals surface area contributed by atoms with E-state index in [0.717, 1.165) is 81.3 Å². The highest BCUT2D eigenvalue weighted by Crippen LogP contribution is 2.54. The number of nitrogens with one attached hydrogen (secondary N) is 2. The maximum absolute atomic E-state index is 12.4. The van der Waals surface area contributed by atoms with Crippen LogP contribution in [0.25, 0.3) is 0 Å². The molecule has 7 aliphatic rings. The minimum absolute atomic E-state index is 0.0623. The molecule has 1 aromatic rings. The molecule has 2 bridgehead atoms. The molecular formula is C34H46N8O4. The highest BCUT2D eigenvalue weighted by atomic mass is 16.6. The summed E-state index contributed by atoms with van der Waals surface area (Å²) in [7, 11) is 0. The number of hydrogen-bond donors (Lipinski definition) is 2. The number of carbonyl (C=O) groups is 2. The van der Waals surface area contributed by atoms with E-state index >= 15 is 0 Å². The number of esters is 2. The lowest BCUT2D eigenvalue weighted by Crippen LogP contribution is -2.56. The van der Waals surface area contributed by atoms with Gasteiger partial charge in [0.05, 0.1) is 29.5 Å². The fraction of sp³-hybridized carbons (Fsp3) is 0.706. The normalized spacial score (nSPS) is 38.9. The number of rotatable bonds is 8. The molecule has 1 aliphatic carbocycles. The van der Waals surface area contributed by atoms with E-state index in [1.807, 2.05) is 10.9 Å². The van der Waals surface area contributed by atoms with Crippen LogP contribution in [0.4, 0.5) is 0 Å². The van der Waals surface area contributed by atoms with Crippen molar-refractivity contribution in [3.05, 3.63) is 47.1 Å². The van der Waals surface area contributed by atoms with Gasteiger partial charge in [0.15, 0.2) is 5.60 Å². The minimum atomic E-state index is -0.576. The quantitative estimate of drug-likeness (QED) is 0.321. The molecule has 246 valence electrons. The third-order valence-corrected chi connectivity index (χ3v) is 12.3. The molecule has 8 rings (SSSR count). The van der Waals surface area contributed by atoms with Crippen LogP contribution in [-0.4, -0.2) is 91.2 Å². The van der Waals surface area contributed by atoms with E-state index in [-0.39, 0.29) is 42.1 Å². The van der Waals surface area contributed by atoms with Crippen LogP contribution in [0.2, 0.25) is 0 Å².